The summed E-state index contributed by atoms with van der Waals surface area (Å²) in [6.45, 7) is 3.40. The van der Waals surface area contributed by atoms with Crippen LogP contribution in [-0.2, 0) is 9.53 Å². The molecule has 1 aromatic carbocycles. The Hall–Kier alpha value is -2.86. The first-order chi connectivity index (χ1) is 12.0. The molecular formula is C18H16ClN3O3. The number of esters is 1. The standard InChI is InChI=1S/C18H16ClN3O3/c1-11-6-5-9-16-20-15(10-22(11)16)18(24)25-12(2)17(23)21-14-8-4-3-7-13(14)19/h3-10,12H,1-2H3,(H,21,23). The number of para-hydroxylation sites is 1. The Balaban J connectivity index is 1.70. The minimum atomic E-state index is -0.991. The number of carbonyl (C=O) groups is 2. The molecule has 3 aromatic rings. The van der Waals surface area contributed by atoms with Gasteiger partial charge in [-0.15, -0.1) is 0 Å². The van der Waals surface area contributed by atoms with Gasteiger partial charge in [-0.05, 0) is 38.1 Å². The molecule has 1 unspecified atom stereocenters. The van der Waals surface area contributed by atoms with Gasteiger partial charge in [0.15, 0.2) is 11.8 Å². The quantitative estimate of drug-likeness (QED) is 0.725. The number of hydrogen-bond donors (Lipinski definition) is 1. The Morgan fingerprint density at radius 1 is 1.20 bits per heavy atom. The number of rotatable bonds is 4. The molecule has 3 rings (SSSR count). The molecule has 25 heavy (non-hydrogen) atoms. The summed E-state index contributed by atoms with van der Waals surface area (Å²) in [6, 6.07) is 12.4. The Morgan fingerprint density at radius 3 is 2.68 bits per heavy atom. The Bertz CT molecular complexity index is 952. The summed E-state index contributed by atoms with van der Waals surface area (Å²) in [6.07, 6.45) is 0.598. The van der Waals surface area contributed by atoms with Crippen molar-refractivity contribution in [1.29, 1.82) is 0 Å². The number of fused-ring (bicyclic) bond motifs is 1. The number of nitrogens with one attached hydrogen (secondary N) is 1. The highest BCUT2D eigenvalue weighted by molar-refractivity contribution is 6.33. The molecule has 0 saturated carbocycles. The van der Waals surface area contributed by atoms with Crippen LogP contribution < -0.4 is 5.32 Å². The predicted molar refractivity (Wildman–Crippen MR) is 94.9 cm³/mol. The van der Waals surface area contributed by atoms with Gasteiger partial charge in [0.25, 0.3) is 5.91 Å². The summed E-state index contributed by atoms with van der Waals surface area (Å²) in [5.41, 5.74) is 2.18. The van der Waals surface area contributed by atoms with Crippen LogP contribution in [0.5, 0.6) is 0 Å². The number of nitrogens with zero attached hydrogens (tertiary/aromatic N) is 2. The van der Waals surface area contributed by atoms with Crippen molar-refractivity contribution in [2.45, 2.75) is 20.0 Å². The molecule has 7 heteroatoms. The Labute approximate surface area is 149 Å². The molecule has 0 aliphatic rings. The molecule has 0 radical (unpaired) electrons. The van der Waals surface area contributed by atoms with Gasteiger partial charge in [0.2, 0.25) is 0 Å². The molecule has 128 valence electrons. The number of halogens is 1. The van der Waals surface area contributed by atoms with Gasteiger partial charge in [-0.2, -0.15) is 0 Å². The molecule has 0 spiro atoms. The summed E-state index contributed by atoms with van der Waals surface area (Å²) in [4.78, 5) is 28.7. The number of anilines is 1. The lowest BCUT2D eigenvalue weighted by Gasteiger charge is -2.13. The largest absolute Gasteiger partial charge is 0.448 e. The minimum Gasteiger partial charge on any atom is -0.448 e. The highest BCUT2D eigenvalue weighted by Gasteiger charge is 2.21. The zero-order valence-corrected chi connectivity index (χ0v) is 14.4. The summed E-state index contributed by atoms with van der Waals surface area (Å²) in [7, 11) is 0. The van der Waals surface area contributed by atoms with Crippen LogP contribution in [0.4, 0.5) is 5.69 Å². The van der Waals surface area contributed by atoms with E-state index in [4.69, 9.17) is 16.3 Å². The number of carbonyl (C=O) groups excluding carboxylic acids is 2. The highest BCUT2D eigenvalue weighted by Crippen LogP contribution is 2.20. The lowest BCUT2D eigenvalue weighted by atomic mass is 10.3. The van der Waals surface area contributed by atoms with Crippen LogP contribution in [0.25, 0.3) is 5.65 Å². The second-order valence-corrected chi connectivity index (χ2v) is 5.95. The third-order valence-electron chi connectivity index (χ3n) is 3.69. The van der Waals surface area contributed by atoms with Gasteiger partial charge in [0.1, 0.15) is 5.65 Å². The average molecular weight is 358 g/mol. The first-order valence-electron chi connectivity index (χ1n) is 7.67. The molecule has 0 aliphatic carbocycles. The van der Waals surface area contributed by atoms with Crippen LogP contribution >= 0.6 is 11.6 Å². The van der Waals surface area contributed by atoms with Crippen LogP contribution in [0, 0.1) is 6.92 Å². The minimum absolute atomic E-state index is 0.145. The molecule has 0 fully saturated rings. The van der Waals surface area contributed by atoms with Crippen LogP contribution in [0.3, 0.4) is 0 Å². The number of aryl methyl sites for hydroxylation is 1. The lowest BCUT2D eigenvalue weighted by Crippen LogP contribution is -2.30. The number of aromatic nitrogens is 2. The SMILES string of the molecule is Cc1cccc2nc(C(=O)OC(C)C(=O)Nc3ccccc3Cl)cn12. The molecule has 0 bridgehead atoms. The second kappa shape index (κ2) is 6.94. The molecular weight excluding hydrogens is 342 g/mol. The van der Waals surface area contributed by atoms with Gasteiger partial charge >= 0.3 is 5.97 Å². The van der Waals surface area contributed by atoms with E-state index in [9.17, 15) is 9.59 Å². The fourth-order valence-electron chi connectivity index (χ4n) is 2.32. The molecule has 1 N–H and O–H groups in total. The van der Waals surface area contributed by atoms with E-state index in [-0.39, 0.29) is 5.69 Å². The van der Waals surface area contributed by atoms with Gasteiger partial charge in [-0.25, -0.2) is 9.78 Å². The van der Waals surface area contributed by atoms with Crippen molar-refractivity contribution in [2.75, 3.05) is 5.32 Å². The third kappa shape index (κ3) is 3.64. The zero-order chi connectivity index (χ0) is 18.0. The number of amides is 1. The van der Waals surface area contributed by atoms with Crippen molar-refractivity contribution in [1.82, 2.24) is 9.38 Å². The Morgan fingerprint density at radius 2 is 1.96 bits per heavy atom. The van der Waals surface area contributed by atoms with Crippen LogP contribution in [-0.4, -0.2) is 27.4 Å². The number of ether oxygens (including phenoxy) is 1. The van der Waals surface area contributed by atoms with Crippen molar-refractivity contribution in [3.8, 4) is 0 Å². The number of pyridine rings is 1. The fourth-order valence-corrected chi connectivity index (χ4v) is 2.50. The molecule has 2 heterocycles. The zero-order valence-electron chi connectivity index (χ0n) is 13.7. The van der Waals surface area contributed by atoms with Crippen LogP contribution in [0.2, 0.25) is 5.02 Å². The monoisotopic (exact) mass is 357 g/mol. The summed E-state index contributed by atoms with van der Waals surface area (Å²) >= 11 is 6.00. The first kappa shape index (κ1) is 17.0. The van der Waals surface area contributed by atoms with Gasteiger partial charge in [0, 0.05) is 11.9 Å². The maximum atomic E-state index is 12.3. The van der Waals surface area contributed by atoms with E-state index in [1.807, 2.05) is 19.1 Å². The highest BCUT2D eigenvalue weighted by atomic mass is 35.5. The number of benzene rings is 1. The van der Waals surface area contributed by atoms with Crippen molar-refractivity contribution >= 4 is 34.8 Å². The molecule has 1 amide bonds. The van der Waals surface area contributed by atoms with E-state index in [1.165, 1.54) is 6.92 Å². The molecule has 6 nitrogen and oxygen atoms in total. The first-order valence-corrected chi connectivity index (χ1v) is 8.04. The molecule has 2 aromatic heterocycles. The van der Waals surface area contributed by atoms with E-state index in [0.29, 0.717) is 16.4 Å². The van der Waals surface area contributed by atoms with Crippen LogP contribution in [0.1, 0.15) is 23.1 Å². The molecule has 0 aliphatic heterocycles. The van der Waals surface area contributed by atoms with Crippen molar-refractivity contribution in [3.05, 3.63) is 65.1 Å². The van der Waals surface area contributed by atoms with E-state index < -0.39 is 18.0 Å². The Kier molecular flexibility index (Phi) is 4.72. The predicted octanol–water partition coefficient (Wildman–Crippen LogP) is 3.48. The van der Waals surface area contributed by atoms with E-state index in [0.717, 1.165) is 5.69 Å². The van der Waals surface area contributed by atoms with Crippen LogP contribution in [0.15, 0.2) is 48.7 Å². The van der Waals surface area contributed by atoms with Crippen molar-refractivity contribution in [3.63, 3.8) is 0 Å². The van der Waals surface area contributed by atoms with Gasteiger partial charge < -0.3 is 14.5 Å². The normalized spacial score (nSPS) is 12.0. The molecule has 1 atom stereocenters. The maximum absolute atomic E-state index is 12.3. The summed E-state index contributed by atoms with van der Waals surface area (Å²) < 4.78 is 6.99. The second-order valence-electron chi connectivity index (χ2n) is 5.54. The summed E-state index contributed by atoms with van der Waals surface area (Å²) in [5, 5.41) is 3.04. The smallest absolute Gasteiger partial charge is 0.359 e. The average Bonchev–Trinajstić information content (AvgIpc) is 3.02. The van der Waals surface area contributed by atoms with E-state index in [1.54, 1.807) is 40.9 Å². The fraction of sp³-hybridized carbons (Fsp3) is 0.167. The van der Waals surface area contributed by atoms with E-state index in [2.05, 4.69) is 10.3 Å². The van der Waals surface area contributed by atoms with E-state index >= 15 is 0 Å². The van der Waals surface area contributed by atoms with Gasteiger partial charge in [-0.3, -0.25) is 4.79 Å². The topological polar surface area (TPSA) is 72.7 Å². The lowest BCUT2D eigenvalue weighted by molar-refractivity contribution is -0.123. The summed E-state index contributed by atoms with van der Waals surface area (Å²) in [5.74, 6) is -1.13. The van der Waals surface area contributed by atoms with Gasteiger partial charge in [-0.1, -0.05) is 29.8 Å². The number of hydrogen-bond acceptors (Lipinski definition) is 4. The van der Waals surface area contributed by atoms with Gasteiger partial charge in [0.05, 0.1) is 10.7 Å². The number of imidazole rings is 1. The molecule has 0 saturated heterocycles. The maximum Gasteiger partial charge on any atom is 0.359 e. The third-order valence-corrected chi connectivity index (χ3v) is 4.02. The van der Waals surface area contributed by atoms with Crippen molar-refractivity contribution < 1.29 is 14.3 Å². The van der Waals surface area contributed by atoms with Crippen molar-refractivity contribution in [2.24, 2.45) is 0 Å².